The Labute approximate surface area is 149 Å². The van der Waals surface area contributed by atoms with Gasteiger partial charge in [0.2, 0.25) is 5.91 Å². The van der Waals surface area contributed by atoms with Crippen LogP contribution in [0.4, 0.5) is 0 Å². The third kappa shape index (κ3) is 4.72. The van der Waals surface area contributed by atoms with Crippen molar-refractivity contribution in [2.45, 2.75) is 45.4 Å². The van der Waals surface area contributed by atoms with Gasteiger partial charge < -0.3 is 20.2 Å². The lowest BCUT2D eigenvalue weighted by Gasteiger charge is -2.21. The SMILES string of the molecule is CCNC(=NCc1ccc(CN2CCCC2=O)cc1)N1CC[C@@H](O)C1. The number of hydrogen-bond donors (Lipinski definition) is 2. The number of guanidine groups is 1. The number of aliphatic imine (C=N–C) groups is 1. The molecular formula is C19H28N4O2. The molecular weight excluding hydrogens is 316 g/mol. The van der Waals surface area contributed by atoms with Crippen molar-refractivity contribution in [3.05, 3.63) is 35.4 Å². The Morgan fingerprint density at radius 3 is 2.64 bits per heavy atom. The standard InChI is InChI=1S/C19H28N4O2/c1-2-20-19(23-11-9-17(24)14-23)21-12-15-5-7-16(8-6-15)13-22-10-3-4-18(22)25/h5-8,17,24H,2-4,9-14H2,1H3,(H,20,21)/t17-/m1/s1. The summed E-state index contributed by atoms with van der Waals surface area (Å²) in [5.74, 6) is 1.13. The van der Waals surface area contributed by atoms with E-state index in [1.165, 1.54) is 0 Å². The van der Waals surface area contributed by atoms with Gasteiger partial charge in [0.05, 0.1) is 12.6 Å². The maximum absolute atomic E-state index is 11.7. The fourth-order valence-corrected chi connectivity index (χ4v) is 3.37. The topological polar surface area (TPSA) is 68.2 Å². The Balaban J connectivity index is 1.58. The number of amides is 1. The Hall–Kier alpha value is -2.08. The van der Waals surface area contributed by atoms with Gasteiger partial charge >= 0.3 is 0 Å². The van der Waals surface area contributed by atoms with Crippen LogP contribution in [0.15, 0.2) is 29.3 Å². The lowest BCUT2D eigenvalue weighted by molar-refractivity contribution is -0.128. The molecule has 0 aromatic heterocycles. The molecule has 0 radical (unpaired) electrons. The molecule has 2 heterocycles. The summed E-state index contributed by atoms with van der Waals surface area (Å²) < 4.78 is 0. The molecule has 25 heavy (non-hydrogen) atoms. The van der Waals surface area contributed by atoms with E-state index in [0.29, 0.717) is 26.1 Å². The predicted octanol–water partition coefficient (Wildman–Crippen LogP) is 1.34. The third-order valence-electron chi connectivity index (χ3n) is 4.78. The van der Waals surface area contributed by atoms with Gasteiger partial charge in [-0.1, -0.05) is 24.3 Å². The molecule has 0 spiro atoms. The van der Waals surface area contributed by atoms with Crippen LogP contribution in [0.3, 0.4) is 0 Å². The summed E-state index contributed by atoms with van der Waals surface area (Å²) in [5, 5.41) is 13.0. The average Bonchev–Trinajstić information content (AvgIpc) is 3.22. The second-order valence-corrected chi connectivity index (χ2v) is 6.79. The smallest absolute Gasteiger partial charge is 0.222 e. The van der Waals surface area contributed by atoms with E-state index in [-0.39, 0.29) is 12.0 Å². The molecule has 1 aromatic carbocycles. The number of benzene rings is 1. The molecule has 0 aliphatic carbocycles. The third-order valence-corrected chi connectivity index (χ3v) is 4.78. The Kier molecular flexibility index (Phi) is 5.91. The molecule has 6 nitrogen and oxygen atoms in total. The van der Waals surface area contributed by atoms with E-state index < -0.39 is 0 Å². The quantitative estimate of drug-likeness (QED) is 0.625. The summed E-state index contributed by atoms with van der Waals surface area (Å²) >= 11 is 0. The Bertz CT molecular complexity index is 614. The van der Waals surface area contributed by atoms with Crippen LogP contribution in [0.25, 0.3) is 0 Å². The first-order valence-corrected chi connectivity index (χ1v) is 9.22. The average molecular weight is 344 g/mol. The molecule has 0 unspecified atom stereocenters. The molecule has 1 aromatic rings. The zero-order valence-electron chi connectivity index (χ0n) is 14.9. The van der Waals surface area contributed by atoms with Crippen molar-refractivity contribution in [2.75, 3.05) is 26.2 Å². The molecule has 0 saturated carbocycles. The first-order chi connectivity index (χ1) is 12.2. The number of hydrogen-bond acceptors (Lipinski definition) is 3. The number of rotatable bonds is 5. The zero-order chi connectivity index (χ0) is 17.6. The van der Waals surface area contributed by atoms with E-state index >= 15 is 0 Å². The first kappa shape index (κ1) is 17.7. The maximum atomic E-state index is 11.7. The molecule has 6 heteroatoms. The van der Waals surface area contributed by atoms with Crippen molar-refractivity contribution >= 4 is 11.9 Å². The van der Waals surface area contributed by atoms with E-state index in [2.05, 4.69) is 41.4 Å². The maximum Gasteiger partial charge on any atom is 0.222 e. The summed E-state index contributed by atoms with van der Waals surface area (Å²) in [6, 6.07) is 8.34. The molecule has 1 amide bonds. The highest BCUT2D eigenvalue weighted by molar-refractivity contribution is 5.80. The van der Waals surface area contributed by atoms with Gasteiger partial charge in [-0.05, 0) is 30.9 Å². The second kappa shape index (κ2) is 8.34. The molecule has 2 aliphatic rings. The monoisotopic (exact) mass is 344 g/mol. The van der Waals surface area contributed by atoms with Crippen molar-refractivity contribution < 1.29 is 9.90 Å². The van der Waals surface area contributed by atoms with Crippen LogP contribution in [0, 0.1) is 0 Å². The largest absolute Gasteiger partial charge is 0.391 e. The molecule has 2 N–H and O–H groups in total. The van der Waals surface area contributed by atoms with E-state index in [0.717, 1.165) is 49.6 Å². The lowest BCUT2D eigenvalue weighted by Crippen LogP contribution is -2.40. The number of nitrogens with zero attached hydrogens (tertiary/aromatic N) is 3. The van der Waals surface area contributed by atoms with Crippen LogP contribution < -0.4 is 5.32 Å². The van der Waals surface area contributed by atoms with Crippen LogP contribution in [0.2, 0.25) is 0 Å². The fraction of sp³-hybridized carbons (Fsp3) is 0.579. The van der Waals surface area contributed by atoms with Crippen LogP contribution in [-0.4, -0.2) is 59.1 Å². The number of aliphatic hydroxyl groups excluding tert-OH is 1. The molecule has 2 aliphatic heterocycles. The predicted molar refractivity (Wildman–Crippen MR) is 98.1 cm³/mol. The molecule has 2 saturated heterocycles. The van der Waals surface area contributed by atoms with Crippen LogP contribution in [-0.2, 0) is 17.9 Å². The van der Waals surface area contributed by atoms with Gasteiger partial charge in [0.25, 0.3) is 0 Å². The minimum atomic E-state index is -0.253. The van der Waals surface area contributed by atoms with Gasteiger partial charge in [-0.15, -0.1) is 0 Å². The van der Waals surface area contributed by atoms with E-state index in [4.69, 9.17) is 4.99 Å². The minimum Gasteiger partial charge on any atom is -0.391 e. The highest BCUT2D eigenvalue weighted by Crippen LogP contribution is 2.15. The van der Waals surface area contributed by atoms with Crippen molar-refractivity contribution in [2.24, 2.45) is 4.99 Å². The number of aliphatic hydroxyl groups is 1. The first-order valence-electron chi connectivity index (χ1n) is 9.22. The number of β-amino-alcohol motifs (C(OH)–C–C–N with tert-alkyl or cyclic N) is 1. The lowest BCUT2D eigenvalue weighted by atomic mass is 10.1. The van der Waals surface area contributed by atoms with Crippen molar-refractivity contribution in [3.8, 4) is 0 Å². The summed E-state index contributed by atoms with van der Waals surface area (Å²) in [6.07, 6.45) is 2.21. The van der Waals surface area contributed by atoms with Crippen molar-refractivity contribution in [3.63, 3.8) is 0 Å². The van der Waals surface area contributed by atoms with Gasteiger partial charge in [0.1, 0.15) is 0 Å². The second-order valence-electron chi connectivity index (χ2n) is 6.79. The molecule has 3 rings (SSSR count). The number of nitrogens with one attached hydrogen (secondary N) is 1. The van der Waals surface area contributed by atoms with Gasteiger partial charge in [-0.3, -0.25) is 4.79 Å². The zero-order valence-corrected chi connectivity index (χ0v) is 14.9. The van der Waals surface area contributed by atoms with Gasteiger partial charge in [0, 0.05) is 39.1 Å². The van der Waals surface area contributed by atoms with Crippen molar-refractivity contribution in [1.82, 2.24) is 15.1 Å². The van der Waals surface area contributed by atoms with Crippen LogP contribution in [0.5, 0.6) is 0 Å². The Morgan fingerprint density at radius 1 is 1.28 bits per heavy atom. The van der Waals surface area contributed by atoms with E-state index in [1.54, 1.807) is 0 Å². The Morgan fingerprint density at radius 2 is 2.04 bits per heavy atom. The highest BCUT2D eigenvalue weighted by atomic mass is 16.3. The molecule has 136 valence electrons. The summed E-state index contributed by atoms with van der Waals surface area (Å²) in [6.45, 7) is 6.54. The van der Waals surface area contributed by atoms with Crippen molar-refractivity contribution in [1.29, 1.82) is 0 Å². The number of likely N-dealkylation sites (tertiary alicyclic amines) is 2. The molecule has 2 fully saturated rings. The van der Waals surface area contributed by atoms with Crippen LogP contribution >= 0.6 is 0 Å². The minimum absolute atomic E-state index is 0.253. The van der Waals surface area contributed by atoms with Gasteiger partial charge in [0.15, 0.2) is 5.96 Å². The fourth-order valence-electron chi connectivity index (χ4n) is 3.37. The normalized spacial score (nSPS) is 21.3. The van der Waals surface area contributed by atoms with Gasteiger partial charge in [-0.2, -0.15) is 0 Å². The summed E-state index contributed by atoms with van der Waals surface area (Å²) in [7, 11) is 0. The van der Waals surface area contributed by atoms with Gasteiger partial charge in [-0.25, -0.2) is 4.99 Å². The molecule has 0 bridgehead atoms. The van der Waals surface area contributed by atoms with E-state index in [1.807, 2.05) is 4.90 Å². The number of carbonyl (C=O) groups is 1. The van der Waals surface area contributed by atoms with E-state index in [9.17, 15) is 9.90 Å². The summed E-state index contributed by atoms with van der Waals surface area (Å²) in [5.41, 5.74) is 2.31. The van der Waals surface area contributed by atoms with Crippen LogP contribution in [0.1, 0.15) is 37.3 Å². The highest BCUT2D eigenvalue weighted by Gasteiger charge is 2.23. The molecule has 1 atom stereocenters. The number of carbonyl (C=O) groups excluding carboxylic acids is 1. The summed E-state index contributed by atoms with van der Waals surface area (Å²) in [4.78, 5) is 20.5.